The number of ether oxygens (including phenoxy) is 2. The molecule has 0 aliphatic rings. The van der Waals surface area contributed by atoms with Crippen LogP contribution < -0.4 is 14.8 Å². The van der Waals surface area contributed by atoms with Gasteiger partial charge in [0.25, 0.3) is 0 Å². The summed E-state index contributed by atoms with van der Waals surface area (Å²) in [7, 11) is 1.60. The zero-order chi connectivity index (χ0) is 20.6. The van der Waals surface area contributed by atoms with Crippen LogP contribution in [0.1, 0.15) is 36.5 Å². The Morgan fingerprint density at radius 3 is 2.66 bits per heavy atom. The van der Waals surface area contributed by atoms with Gasteiger partial charge in [0.05, 0.1) is 12.1 Å². The normalized spacial score (nSPS) is 10.8. The molecule has 0 aliphatic carbocycles. The molecule has 0 aliphatic heterocycles. The van der Waals surface area contributed by atoms with Gasteiger partial charge >= 0.3 is 0 Å². The van der Waals surface area contributed by atoms with E-state index in [9.17, 15) is 0 Å². The zero-order valence-electron chi connectivity index (χ0n) is 17.0. The highest BCUT2D eigenvalue weighted by Gasteiger charge is 2.13. The van der Waals surface area contributed by atoms with Gasteiger partial charge in [-0.25, -0.2) is 4.68 Å². The van der Waals surface area contributed by atoms with Gasteiger partial charge in [0.15, 0.2) is 11.5 Å². The molecule has 3 aromatic rings. The predicted octanol–water partition coefficient (Wildman–Crippen LogP) is 4.63. The average Bonchev–Trinajstić information content (AvgIpc) is 3.18. The topological polar surface area (TPSA) is 74.1 Å². The third-order valence-corrected chi connectivity index (χ3v) is 4.78. The number of methoxy groups -OCH3 is 1. The maximum Gasteiger partial charge on any atom is 0.243 e. The summed E-state index contributed by atoms with van der Waals surface area (Å²) in [5.41, 5.74) is 3.22. The molecule has 0 saturated heterocycles. The second kappa shape index (κ2) is 10.1. The van der Waals surface area contributed by atoms with E-state index in [1.54, 1.807) is 11.8 Å². The number of nitrogens with zero attached hydrogens (tertiary/aromatic N) is 4. The van der Waals surface area contributed by atoms with Crippen molar-refractivity contribution in [2.45, 2.75) is 46.4 Å². The van der Waals surface area contributed by atoms with Crippen molar-refractivity contribution >= 4 is 17.5 Å². The first-order valence-electron chi connectivity index (χ1n) is 9.65. The van der Waals surface area contributed by atoms with Gasteiger partial charge in [0, 0.05) is 13.1 Å². The Kier molecular flexibility index (Phi) is 7.30. The standard InChI is InChI=1S/C21H26ClN5O2/c1-4-5-10-27-21(24-25-26-27)23-13-17-11-18(22)20(19(12-17)28-3)29-14-16-8-6-15(2)7-9-16/h6-9,11-12H,4-5,10,13-14H2,1-3H3,(H,23,24,26). The highest BCUT2D eigenvalue weighted by molar-refractivity contribution is 6.32. The molecule has 1 N–H and O–H groups in total. The molecular weight excluding hydrogens is 390 g/mol. The average molecular weight is 416 g/mol. The van der Waals surface area contributed by atoms with Crippen molar-refractivity contribution in [2.75, 3.05) is 12.4 Å². The van der Waals surface area contributed by atoms with Crippen LogP contribution in [0, 0.1) is 6.92 Å². The van der Waals surface area contributed by atoms with Crippen molar-refractivity contribution in [3.05, 3.63) is 58.1 Å². The van der Waals surface area contributed by atoms with E-state index in [1.165, 1.54) is 5.56 Å². The summed E-state index contributed by atoms with van der Waals surface area (Å²) in [5, 5.41) is 15.5. The van der Waals surface area contributed by atoms with E-state index in [1.807, 2.05) is 24.3 Å². The van der Waals surface area contributed by atoms with Gasteiger partial charge in [-0.15, -0.1) is 0 Å². The largest absolute Gasteiger partial charge is 0.493 e. The van der Waals surface area contributed by atoms with E-state index < -0.39 is 0 Å². The van der Waals surface area contributed by atoms with Gasteiger partial charge in [-0.3, -0.25) is 0 Å². The molecule has 0 fully saturated rings. The Morgan fingerprint density at radius 2 is 1.93 bits per heavy atom. The first-order valence-corrected chi connectivity index (χ1v) is 10.0. The molecule has 7 nitrogen and oxygen atoms in total. The van der Waals surface area contributed by atoms with Crippen LogP contribution in [0.2, 0.25) is 5.02 Å². The number of benzene rings is 2. The number of aryl methyl sites for hydroxylation is 2. The molecule has 8 heteroatoms. The molecule has 0 radical (unpaired) electrons. The van der Waals surface area contributed by atoms with Crippen LogP contribution in [0.4, 0.5) is 5.95 Å². The molecule has 0 unspecified atom stereocenters. The van der Waals surface area contributed by atoms with Crippen molar-refractivity contribution in [3.63, 3.8) is 0 Å². The lowest BCUT2D eigenvalue weighted by Crippen LogP contribution is -2.09. The second-order valence-corrected chi connectivity index (χ2v) is 7.22. The zero-order valence-corrected chi connectivity index (χ0v) is 17.7. The van der Waals surface area contributed by atoms with Crippen LogP contribution in [0.5, 0.6) is 11.5 Å². The van der Waals surface area contributed by atoms with E-state index in [0.717, 1.165) is 30.5 Å². The molecule has 3 rings (SSSR count). The highest BCUT2D eigenvalue weighted by atomic mass is 35.5. The van der Waals surface area contributed by atoms with Gasteiger partial charge in [0.2, 0.25) is 5.95 Å². The summed E-state index contributed by atoms with van der Waals surface area (Å²) >= 11 is 6.49. The SMILES string of the molecule is CCCCn1nnnc1NCc1cc(Cl)c(OCc2ccc(C)cc2)c(OC)c1. The van der Waals surface area contributed by atoms with Crippen molar-refractivity contribution < 1.29 is 9.47 Å². The lowest BCUT2D eigenvalue weighted by Gasteiger charge is -2.15. The minimum absolute atomic E-state index is 0.417. The number of aromatic nitrogens is 4. The van der Waals surface area contributed by atoms with Crippen molar-refractivity contribution in [2.24, 2.45) is 0 Å². The maximum absolute atomic E-state index is 6.49. The molecular formula is C21H26ClN5O2. The fraction of sp³-hybridized carbons (Fsp3) is 0.381. The first-order chi connectivity index (χ1) is 14.1. The number of unbranched alkanes of at least 4 members (excludes halogenated alkanes) is 1. The number of hydrogen-bond donors (Lipinski definition) is 1. The molecule has 2 aromatic carbocycles. The monoisotopic (exact) mass is 415 g/mol. The van der Waals surface area contributed by atoms with Gasteiger partial charge in [-0.2, -0.15) is 0 Å². The number of halogens is 1. The molecule has 0 amide bonds. The third-order valence-electron chi connectivity index (χ3n) is 4.50. The van der Waals surface area contributed by atoms with Gasteiger partial charge in [-0.1, -0.05) is 59.9 Å². The number of tetrazole rings is 1. The summed E-state index contributed by atoms with van der Waals surface area (Å²) in [4.78, 5) is 0. The van der Waals surface area contributed by atoms with Crippen LogP contribution in [-0.2, 0) is 19.7 Å². The smallest absolute Gasteiger partial charge is 0.243 e. The first kappa shape index (κ1) is 20.9. The molecule has 0 atom stereocenters. The van der Waals surface area contributed by atoms with E-state index in [4.69, 9.17) is 21.1 Å². The quantitative estimate of drug-likeness (QED) is 0.520. The minimum Gasteiger partial charge on any atom is -0.493 e. The van der Waals surface area contributed by atoms with Crippen molar-refractivity contribution in [1.29, 1.82) is 0 Å². The second-order valence-electron chi connectivity index (χ2n) is 6.82. The number of rotatable bonds is 10. The fourth-order valence-electron chi connectivity index (χ4n) is 2.83. The van der Waals surface area contributed by atoms with Crippen LogP contribution in [0.3, 0.4) is 0 Å². The van der Waals surface area contributed by atoms with Crippen LogP contribution >= 0.6 is 11.6 Å². The summed E-state index contributed by atoms with van der Waals surface area (Å²) in [6, 6.07) is 12.0. The van der Waals surface area contributed by atoms with Gasteiger partial charge in [0.1, 0.15) is 6.61 Å². The molecule has 29 heavy (non-hydrogen) atoms. The van der Waals surface area contributed by atoms with Gasteiger partial charge < -0.3 is 14.8 Å². The van der Waals surface area contributed by atoms with E-state index >= 15 is 0 Å². The summed E-state index contributed by atoms with van der Waals surface area (Å²) in [5.74, 6) is 1.76. The Labute approximate surface area is 176 Å². The van der Waals surface area contributed by atoms with Crippen molar-refractivity contribution in [1.82, 2.24) is 20.2 Å². The number of anilines is 1. The summed E-state index contributed by atoms with van der Waals surface area (Å²) < 4.78 is 13.2. The van der Waals surface area contributed by atoms with Crippen LogP contribution in [0.15, 0.2) is 36.4 Å². The van der Waals surface area contributed by atoms with Crippen LogP contribution in [0.25, 0.3) is 0 Å². The lowest BCUT2D eigenvalue weighted by atomic mass is 10.1. The number of nitrogens with one attached hydrogen (secondary N) is 1. The molecule has 1 heterocycles. The number of hydrogen-bond acceptors (Lipinski definition) is 6. The molecule has 0 spiro atoms. The Balaban J connectivity index is 1.67. The molecule has 1 aromatic heterocycles. The summed E-state index contributed by atoms with van der Waals surface area (Å²) in [6.07, 6.45) is 2.10. The Bertz CT molecular complexity index is 927. The van der Waals surface area contributed by atoms with E-state index in [0.29, 0.717) is 35.6 Å². The van der Waals surface area contributed by atoms with E-state index in [-0.39, 0.29) is 0 Å². The third kappa shape index (κ3) is 5.60. The predicted molar refractivity (Wildman–Crippen MR) is 114 cm³/mol. The lowest BCUT2D eigenvalue weighted by molar-refractivity contribution is 0.284. The summed E-state index contributed by atoms with van der Waals surface area (Å²) in [6.45, 7) is 5.90. The van der Waals surface area contributed by atoms with E-state index in [2.05, 4.69) is 46.8 Å². The maximum atomic E-state index is 6.49. The molecule has 0 saturated carbocycles. The molecule has 154 valence electrons. The molecule has 0 bridgehead atoms. The van der Waals surface area contributed by atoms with Gasteiger partial charge in [-0.05, 0) is 47.0 Å². The van der Waals surface area contributed by atoms with Crippen LogP contribution in [-0.4, -0.2) is 27.3 Å². The Morgan fingerprint density at radius 1 is 1.14 bits per heavy atom. The highest BCUT2D eigenvalue weighted by Crippen LogP contribution is 2.37. The van der Waals surface area contributed by atoms with Crippen molar-refractivity contribution in [3.8, 4) is 11.5 Å². The fourth-order valence-corrected chi connectivity index (χ4v) is 3.11. The minimum atomic E-state index is 0.417. The Hall–Kier alpha value is -2.80.